The van der Waals surface area contributed by atoms with Gasteiger partial charge in [0.05, 0.1) is 11.7 Å². The quantitative estimate of drug-likeness (QED) is 0.777. The molecule has 3 rings (SSSR count). The summed E-state index contributed by atoms with van der Waals surface area (Å²) >= 11 is 3.47. The van der Waals surface area contributed by atoms with E-state index in [4.69, 9.17) is 4.52 Å². The third-order valence-corrected chi connectivity index (χ3v) is 5.28. The third kappa shape index (κ3) is 3.48. The first-order valence-corrected chi connectivity index (χ1v) is 9.05. The molecule has 1 N–H and O–H groups in total. The normalized spacial score (nSPS) is 17.5. The molecule has 6 heteroatoms. The van der Waals surface area contributed by atoms with Gasteiger partial charge in [-0.1, -0.05) is 34.9 Å². The molecule has 1 aromatic carbocycles. The Morgan fingerprint density at radius 2 is 2.21 bits per heavy atom. The maximum Gasteiger partial charge on any atom is 0.322 e. The molecule has 24 heavy (non-hydrogen) atoms. The Morgan fingerprint density at radius 3 is 2.88 bits per heavy atom. The largest absolute Gasteiger partial charge is 0.359 e. The number of hydrogen-bond acceptors (Lipinski definition) is 3. The molecule has 128 valence electrons. The molecule has 2 amide bonds. The number of likely N-dealkylation sites (tertiary alicyclic amines) is 1. The number of benzene rings is 1. The van der Waals surface area contributed by atoms with Gasteiger partial charge >= 0.3 is 6.03 Å². The van der Waals surface area contributed by atoms with E-state index in [0.29, 0.717) is 5.92 Å². The Hall–Kier alpha value is -1.82. The van der Waals surface area contributed by atoms with Crippen molar-refractivity contribution in [2.45, 2.75) is 45.6 Å². The first-order chi connectivity index (χ1) is 11.5. The van der Waals surface area contributed by atoms with Crippen molar-refractivity contribution < 1.29 is 9.32 Å². The molecule has 0 spiro atoms. The summed E-state index contributed by atoms with van der Waals surface area (Å²) in [6.07, 6.45) is 1.87. The number of anilines is 1. The van der Waals surface area contributed by atoms with Gasteiger partial charge in [-0.25, -0.2) is 4.79 Å². The van der Waals surface area contributed by atoms with Gasteiger partial charge in [0.2, 0.25) is 0 Å². The SMILES string of the molecule is Cc1cc(NC(=O)N2CCC[C@H]2c2cc(C(C)C)no2)ccc1Br. The van der Waals surface area contributed by atoms with Gasteiger partial charge in [0.25, 0.3) is 0 Å². The summed E-state index contributed by atoms with van der Waals surface area (Å²) in [6.45, 7) is 6.89. The van der Waals surface area contributed by atoms with Crippen molar-refractivity contribution in [1.29, 1.82) is 0 Å². The van der Waals surface area contributed by atoms with Gasteiger partial charge in [-0.15, -0.1) is 0 Å². The summed E-state index contributed by atoms with van der Waals surface area (Å²) in [5.74, 6) is 1.09. The highest BCUT2D eigenvalue weighted by Gasteiger charge is 2.33. The molecule has 0 bridgehead atoms. The molecular formula is C18H22BrN3O2. The lowest BCUT2D eigenvalue weighted by Crippen LogP contribution is -2.34. The van der Waals surface area contributed by atoms with Crippen molar-refractivity contribution in [3.8, 4) is 0 Å². The number of nitrogens with zero attached hydrogens (tertiary/aromatic N) is 2. The van der Waals surface area contributed by atoms with Crippen molar-refractivity contribution in [1.82, 2.24) is 10.1 Å². The monoisotopic (exact) mass is 391 g/mol. The molecule has 1 saturated heterocycles. The number of nitrogens with one attached hydrogen (secondary N) is 1. The van der Waals surface area contributed by atoms with Gasteiger partial charge in [0.1, 0.15) is 0 Å². The summed E-state index contributed by atoms with van der Waals surface area (Å²) < 4.78 is 6.53. The van der Waals surface area contributed by atoms with Crippen LogP contribution in [0.25, 0.3) is 0 Å². The van der Waals surface area contributed by atoms with Crippen LogP contribution < -0.4 is 5.32 Å². The molecule has 1 aliphatic rings. The summed E-state index contributed by atoms with van der Waals surface area (Å²) in [4.78, 5) is 14.5. The average molecular weight is 392 g/mol. The van der Waals surface area contributed by atoms with Gasteiger partial charge in [0, 0.05) is 22.8 Å². The number of aromatic nitrogens is 1. The highest BCUT2D eigenvalue weighted by Crippen LogP contribution is 2.33. The summed E-state index contributed by atoms with van der Waals surface area (Å²) in [5.41, 5.74) is 2.81. The van der Waals surface area contributed by atoms with E-state index in [0.717, 1.165) is 46.6 Å². The minimum atomic E-state index is -0.0956. The Bertz CT molecular complexity index is 742. The van der Waals surface area contributed by atoms with E-state index in [1.165, 1.54) is 0 Å². The van der Waals surface area contributed by atoms with Gasteiger partial charge < -0.3 is 14.7 Å². The molecule has 0 aliphatic carbocycles. The van der Waals surface area contributed by atoms with Crippen LogP contribution in [0.3, 0.4) is 0 Å². The van der Waals surface area contributed by atoms with E-state index in [2.05, 4.69) is 40.3 Å². The fourth-order valence-corrected chi connectivity index (χ4v) is 3.20. The van der Waals surface area contributed by atoms with Crippen LogP contribution in [0.1, 0.15) is 55.7 Å². The zero-order valence-corrected chi connectivity index (χ0v) is 15.8. The van der Waals surface area contributed by atoms with Crippen molar-refractivity contribution in [3.63, 3.8) is 0 Å². The average Bonchev–Trinajstić information content (AvgIpc) is 3.18. The second kappa shape index (κ2) is 6.97. The van der Waals surface area contributed by atoms with Gasteiger partial charge in [-0.05, 0) is 49.4 Å². The standard InChI is InChI=1S/C18H22BrN3O2/c1-11(2)15-10-17(24-21-15)16-5-4-8-22(16)18(23)20-13-6-7-14(19)12(3)9-13/h6-7,9-11,16H,4-5,8H2,1-3H3,(H,20,23)/t16-/m0/s1. The minimum Gasteiger partial charge on any atom is -0.359 e. The molecule has 2 heterocycles. The lowest BCUT2D eigenvalue weighted by Gasteiger charge is -2.23. The lowest BCUT2D eigenvalue weighted by atomic mass is 10.1. The lowest BCUT2D eigenvalue weighted by molar-refractivity contribution is 0.195. The maximum atomic E-state index is 12.7. The summed E-state index contributed by atoms with van der Waals surface area (Å²) in [5, 5.41) is 7.11. The van der Waals surface area contributed by atoms with Crippen molar-refractivity contribution in [2.75, 3.05) is 11.9 Å². The van der Waals surface area contributed by atoms with E-state index in [1.807, 2.05) is 36.1 Å². The third-order valence-electron chi connectivity index (χ3n) is 4.39. The first kappa shape index (κ1) is 17.0. The van der Waals surface area contributed by atoms with Crippen LogP contribution in [0.2, 0.25) is 0 Å². The topological polar surface area (TPSA) is 58.4 Å². The Labute approximate surface area is 150 Å². The van der Waals surface area contributed by atoms with E-state index in [9.17, 15) is 4.79 Å². The fraction of sp³-hybridized carbons (Fsp3) is 0.444. The Balaban J connectivity index is 1.74. The molecule has 1 fully saturated rings. The van der Waals surface area contributed by atoms with Crippen LogP contribution in [0, 0.1) is 6.92 Å². The van der Waals surface area contributed by atoms with Crippen LogP contribution in [0.15, 0.2) is 33.3 Å². The van der Waals surface area contributed by atoms with Crippen LogP contribution in [0.4, 0.5) is 10.5 Å². The highest BCUT2D eigenvalue weighted by molar-refractivity contribution is 9.10. The number of amides is 2. The predicted molar refractivity (Wildman–Crippen MR) is 97.2 cm³/mol. The maximum absolute atomic E-state index is 12.7. The molecule has 0 radical (unpaired) electrons. The van der Waals surface area contributed by atoms with Crippen molar-refractivity contribution in [3.05, 3.63) is 45.8 Å². The number of rotatable bonds is 3. The fourth-order valence-electron chi connectivity index (χ4n) is 2.96. The van der Waals surface area contributed by atoms with E-state index in [1.54, 1.807) is 0 Å². The molecule has 5 nitrogen and oxygen atoms in total. The molecular weight excluding hydrogens is 370 g/mol. The Morgan fingerprint density at radius 1 is 1.42 bits per heavy atom. The van der Waals surface area contributed by atoms with E-state index < -0.39 is 0 Å². The number of halogens is 1. The van der Waals surface area contributed by atoms with E-state index in [-0.39, 0.29) is 12.1 Å². The molecule has 0 unspecified atom stereocenters. The molecule has 1 aromatic heterocycles. The van der Waals surface area contributed by atoms with Gasteiger partial charge in [0.15, 0.2) is 5.76 Å². The van der Waals surface area contributed by atoms with Crippen LogP contribution in [0.5, 0.6) is 0 Å². The highest BCUT2D eigenvalue weighted by atomic mass is 79.9. The number of aryl methyl sites for hydroxylation is 1. The van der Waals surface area contributed by atoms with E-state index >= 15 is 0 Å². The molecule has 2 aromatic rings. The second-order valence-corrected chi connectivity index (χ2v) is 7.41. The van der Waals surface area contributed by atoms with Crippen LogP contribution in [-0.4, -0.2) is 22.6 Å². The number of hydrogen-bond donors (Lipinski definition) is 1. The number of urea groups is 1. The smallest absolute Gasteiger partial charge is 0.322 e. The Kier molecular flexibility index (Phi) is 4.94. The van der Waals surface area contributed by atoms with Crippen LogP contribution >= 0.6 is 15.9 Å². The molecule has 1 atom stereocenters. The van der Waals surface area contributed by atoms with Crippen molar-refractivity contribution >= 4 is 27.6 Å². The first-order valence-electron chi connectivity index (χ1n) is 8.26. The number of carbonyl (C=O) groups is 1. The zero-order chi connectivity index (χ0) is 17.3. The van der Waals surface area contributed by atoms with Crippen molar-refractivity contribution in [2.24, 2.45) is 0 Å². The number of carbonyl (C=O) groups excluding carboxylic acids is 1. The van der Waals surface area contributed by atoms with Gasteiger partial charge in [-0.2, -0.15) is 0 Å². The minimum absolute atomic E-state index is 0.0402. The zero-order valence-electron chi connectivity index (χ0n) is 14.2. The second-order valence-electron chi connectivity index (χ2n) is 6.55. The summed E-state index contributed by atoms with van der Waals surface area (Å²) in [6, 6.07) is 7.63. The summed E-state index contributed by atoms with van der Waals surface area (Å²) in [7, 11) is 0. The van der Waals surface area contributed by atoms with Crippen LogP contribution in [-0.2, 0) is 0 Å². The predicted octanol–water partition coefficient (Wildman–Crippen LogP) is 5.24. The molecule has 0 saturated carbocycles. The molecule has 1 aliphatic heterocycles. The van der Waals surface area contributed by atoms with Gasteiger partial charge in [-0.3, -0.25) is 0 Å².